The number of rotatable bonds is 6. The predicted octanol–water partition coefficient (Wildman–Crippen LogP) is 2.60. The molecule has 0 radical (unpaired) electrons. The number of carbonyl (C=O) groups is 1. The Morgan fingerprint density at radius 2 is 2.09 bits per heavy atom. The van der Waals surface area contributed by atoms with E-state index in [0.29, 0.717) is 25.1 Å². The number of ether oxygens (including phenoxy) is 1. The molecule has 23 heavy (non-hydrogen) atoms. The molecule has 0 aliphatic carbocycles. The van der Waals surface area contributed by atoms with Crippen molar-refractivity contribution >= 4 is 11.7 Å². The summed E-state index contributed by atoms with van der Waals surface area (Å²) in [5, 5.41) is 16.2. The van der Waals surface area contributed by atoms with E-state index in [1.807, 2.05) is 0 Å². The quantitative estimate of drug-likeness (QED) is 0.622. The fourth-order valence-electron chi connectivity index (χ4n) is 2.72. The SMILES string of the molecule is CC1CC(CCNC(=O)NCc2ccc([N+](=O)[O-])cc2)CCO1. The second-order valence-corrected chi connectivity index (χ2v) is 5.89. The van der Waals surface area contributed by atoms with Crippen molar-refractivity contribution in [2.45, 2.75) is 38.8 Å². The van der Waals surface area contributed by atoms with Crippen molar-refractivity contribution in [3.05, 3.63) is 39.9 Å². The lowest BCUT2D eigenvalue weighted by Gasteiger charge is -2.27. The van der Waals surface area contributed by atoms with Gasteiger partial charge < -0.3 is 15.4 Å². The number of benzene rings is 1. The molecule has 1 aliphatic heterocycles. The van der Waals surface area contributed by atoms with Crippen LogP contribution in [0.1, 0.15) is 31.7 Å². The number of nitrogens with zero attached hydrogens (tertiary/aromatic N) is 1. The summed E-state index contributed by atoms with van der Waals surface area (Å²) in [6, 6.07) is 5.93. The van der Waals surface area contributed by atoms with Crippen LogP contribution in [0.3, 0.4) is 0 Å². The lowest BCUT2D eigenvalue weighted by atomic mass is 9.93. The second kappa shape index (κ2) is 8.47. The molecule has 1 saturated heterocycles. The summed E-state index contributed by atoms with van der Waals surface area (Å²) in [5.41, 5.74) is 0.868. The van der Waals surface area contributed by atoms with Gasteiger partial charge in [0.15, 0.2) is 0 Å². The molecule has 1 heterocycles. The first-order valence-corrected chi connectivity index (χ1v) is 7.91. The molecule has 1 aromatic rings. The van der Waals surface area contributed by atoms with Crippen LogP contribution in [0, 0.1) is 16.0 Å². The maximum Gasteiger partial charge on any atom is 0.315 e. The van der Waals surface area contributed by atoms with Crippen LogP contribution in [0.2, 0.25) is 0 Å². The molecule has 2 amide bonds. The number of urea groups is 1. The molecule has 1 aliphatic rings. The molecular weight excluding hydrogens is 298 g/mol. The van der Waals surface area contributed by atoms with E-state index in [0.717, 1.165) is 31.4 Å². The lowest BCUT2D eigenvalue weighted by molar-refractivity contribution is -0.384. The van der Waals surface area contributed by atoms with Gasteiger partial charge in [-0.25, -0.2) is 4.79 Å². The average Bonchev–Trinajstić information content (AvgIpc) is 2.53. The molecule has 0 spiro atoms. The number of nitro groups is 1. The Hall–Kier alpha value is -2.15. The third kappa shape index (κ3) is 5.86. The van der Waals surface area contributed by atoms with Crippen molar-refractivity contribution in [2.24, 2.45) is 5.92 Å². The Morgan fingerprint density at radius 3 is 2.74 bits per heavy atom. The van der Waals surface area contributed by atoms with Crippen molar-refractivity contribution in [1.82, 2.24) is 10.6 Å². The minimum Gasteiger partial charge on any atom is -0.378 e. The zero-order chi connectivity index (χ0) is 16.7. The van der Waals surface area contributed by atoms with E-state index in [9.17, 15) is 14.9 Å². The second-order valence-electron chi connectivity index (χ2n) is 5.89. The van der Waals surface area contributed by atoms with Gasteiger partial charge in [-0.1, -0.05) is 12.1 Å². The topological polar surface area (TPSA) is 93.5 Å². The standard InChI is InChI=1S/C16H23N3O4/c1-12-10-13(7-9-23-12)6-8-17-16(20)18-11-14-2-4-15(5-3-14)19(21)22/h2-5,12-13H,6-11H2,1H3,(H2,17,18,20). The van der Waals surface area contributed by atoms with Crippen LogP contribution in [0.15, 0.2) is 24.3 Å². The van der Waals surface area contributed by atoms with Gasteiger partial charge in [-0.3, -0.25) is 10.1 Å². The summed E-state index contributed by atoms with van der Waals surface area (Å²) in [6.07, 6.45) is 3.37. The smallest absolute Gasteiger partial charge is 0.315 e. The van der Waals surface area contributed by atoms with E-state index in [2.05, 4.69) is 17.6 Å². The molecule has 1 aromatic carbocycles. The van der Waals surface area contributed by atoms with Gasteiger partial charge in [0.2, 0.25) is 0 Å². The number of non-ortho nitro benzene ring substituents is 1. The number of nitrogens with one attached hydrogen (secondary N) is 2. The van der Waals surface area contributed by atoms with Crippen LogP contribution in [0.4, 0.5) is 10.5 Å². The molecule has 2 atom stereocenters. The minimum atomic E-state index is -0.443. The Kier molecular flexibility index (Phi) is 6.34. The van der Waals surface area contributed by atoms with Crippen LogP contribution in [0.5, 0.6) is 0 Å². The van der Waals surface area contributed by atoms with Gasteiger partial charge in [-0.2, -0.15) is 0 Å². The van der Waals surface area contributed by atoms with Crippen LogP contribution < -0.4 is 10.6 Å². The van der Waals surface area contributed by atoms with Gasteiger partial charge in [0.1, 0.15) is 0 Å². The van der Waals surface area contributed by atoms with Crippen molar-refractivity contribution in [2.75, 3.05) is 13.2 Å². The van der Waals surface area contributed by atoms with Gasteiger partial charge in [-0.05, 0) is 37.7 Å². The third-order valence-corrected chi connectivity index (χ3v) is 4.03. The molecule has 2 rings (SSSR count). The molecule has 0 aromatic heterocycles. The molecule has 0 bridgehead atoms. The zero-order valence-electron chi connectivity index (χ0n) is 13.3. The van der Waals surface area contributed by atoms with E-state index in [-0.39, 0.29) is 11.7 Å². The fraction of sp³-hybridized carbons (Fsp3) is 0.562. The summed E-state index contributed by atoms with van der Waals surface area (Å²) in [7, 11) is 0. The van der Waals surface area contributed by atoms with E-state index >= 15 is 0 Å². The Morgan fingerprint density at radius 1 is 1.35 bits per heavy atom. The molecule has 2 N–H and O–H groups in total. The molecular formula is C16H23N3O4. The van der Waals surface area contributed by atoms with Crippen LogP contribution in [-0.4, -0.2) is 30.2 Å². The highest BCUT2D eigenvalue weighted by atomic mass is 16.6. The van der Waals surface area contributed by atoms with Gasteiger partial charge in [0, 0.05) is 31.8 Å². The normalized spacial score (nSPS) is 20.7. The highest BCUT2D eigenvalue weighted by molar-refractivity contribution is 5.73. The van der Waals surface area contributed by atoms with Gasteiger partial charge in [0.25, 0.3) is 5.69 Å². The molecule has 0 saturated carbocycles. The first-order chi connectivity index (χ1) is 11.0. The van der Waals surface area contributed by atoms with Crippen LogP contribution in [0.25, 0.3) is 0 Å². The van der Waals surface area contributed by atoms with E-state index in [4.69, 9.17) is 4.74 Å². The first kappa shape index (κ1) is 17.2. The number of carbonyl (C=O) groups excluding carboxylic acids is 1. The molecule has 1 fully saturated rings. The third-order valence-electron chi connectivity index (χ3n) is 4.03. The first-order valence-electron chi connectivity index (χ1n) is 7.91. The van der Waals surface area contributed by atoms with E-state index in [1.54, 1.807) is 12.1 Å². The number of hydrogen-bond acceptors (Lipinski definition) is 4. The van der Waals surface area contributed by atoms with E-state index in [1.165, 1.54) is 12.1 Å². The summed E-state index contributed by atoms with van der Waals surface area (Å²) >= 11 is 0. The molecule has 7 heteroatoms. The zero-order valence-corrected chi connectivity index (χ0v) is 13.3. The van der Waals surface area contributed by atoms with Crippen molar-refractivity contribution in [3.8, 4) is 0 Å². The summed E-state index contributed by atoms with van der Waals surface area (Å²) in [6.45, 7) is 3.87. The molecule has 2 unspecified atom stereocenters. The number of nitro benzene ring substituents is 1. The summed E-state index contributed by atoms with van der Waals surface area (Å²) < 4.78 is 5.50. The fourth-order valence-corrected chi connectivity index (χ4v) is 2.72. The number of amides is 2. The molecule has 126 valence electrons. The monoisotopic (exact) mass is 321 g/mol. The Balaban J connectivity index is 1.64. The largest absolute Gasteiger partial charge is 0.378 e. The average molecular weight is 321 g/mol. The Labute approximate surface area is 135 Å². The predicted molar refractivity (Wildman–Crippen MR) is 86.1 cm³/mol. The van der Waals surface area contributed by atoms with Gasteiger partial charge in [0.05, 0.1) is 11.0 Å². The van der Waals surface area contributed by atoms with Crippen molar-refractivity contribution in [3.63, 3.8) is 0 Å². The van der Waals surface area contributed by atoms with Gasteiger partial charge >= 0.3 is 6.03 Å². The lowest BCUT2D eigenvalue weighted by Crippen LogP contribution is -2.36. The Bertz CT molecular complexity index is 533. The highest BCUT2D eigenvalue weighted by Gasteiger charge is 2.18. The summed E-state index contributed by atoms with van der Waals surface area (Å²) in [5.74, 6) is 0.605. The van der Waals surface area contributed by atoms with E-state index < -0.39 is 4.92 Å². The maximum atomic E-state index is 11.7. The molecule has 7 nitrogen and oxygen atoms in total. The van der Waals surface area contributed by atoms with Gasteiger partial charge in [-0.15, -0.1) is 0 Å². The van der Waals surface area contributed by atoms with Crippen LogP contribution >= 0.6 is 0 Å². The minimum absolute atomic E-state index is 0.0453. The van der Waals surface area contributed by atoms with Crippen LogP contribution in [-0.2, 0) is 11.3 Å². The maximum absolute atomic E-state index is 11.7. The highest BCUT2D eigenvalue weighted by Crippen LogP contribution is 2.22. The van der Waals surface area contributed by atoms with Crippen molar-refractivity contribution in [1.29, 1.82) is 0 Å². The van der Waals surface area contributed by atoms with Crippen molar-refractivity contribution < 1.29 is 14.5 Å². The number of hydrogen-bond donors (Lipinski definition) is 2. The summed E-state index contributed by atoms with van der Waals surface area (Å²) in [4.78, 5) is 21.9.